The summed E-state index contributed by atoms with van der Waals surface area (Å²) in [6.45, 7) is 5.54. The maximum absolute atomic E-state index is 13.5. The van der Waals surface area contributed by atoms with Crippen LogP contribution < -0.4 is 0 Å². The van der Waals surface area contributed by atoms with Gasteiger partial charge < -0.3 is 0 Å². The summed E-state index contributed by atoms with van der Waals surface area (Å²) in [6.07, 6.45) is 1.31. The number of nitrogens with zero attached hydrogens (tertiary/aromatic N) is 2. The Labute approximate surface area is 105 Å². The van der Waals surface area contributed by atoms with E-state index in [1.165, 1.54) is 18.3 Å². The molecule has 2 aromatic heterocycles. The highest BCUT2D eigenvalue weighted by atomic mass is 19.1. The average molecular weight is 244 g/mol. The third-order valence-electron chi connectivity index (χ3n) is 2.88. The van der Waals surface area contributed by atoms with Crippen LogP contribution >= 0.6 is 0 Å². The van der Waals surface area contributed by atoms with Crippen molar-refractivity contribution in [1.82, 2.24) is 9.97 Å². The molecule has 0 aliphatic rings. The lowest BCUT2D eigenvalue weighted by molar-refractivity contribution is 0.102. The number of halogens is 1. The molecule has 0 saturated carbocycles. The number of ketones is 1. The summed E-state index contributed by atoms with van der Waals surface area (Å²) in [7, 11) is 0. The lowest BCUT2D eigenvalue weighted by Crippen LogP contribution is -2.11. The van der Waals surface area contributed by atoms with Crippen LogP contribution in [-0.2, 0) is 0 Å². The minimum atomic E-state index is -0.762. The van der Waals surface area contributed by atoms with E-state index in [-0.39, 0.29) is 11.3 Å². The largest absolute Gasteiger partial charge is 0.287 e. The van der Waals surface area contributed by atoms with Gasteiger partial charge in [-0.25, -0.2) is 9.97 Å². The zero-order chi connectivity index (χ0) is 13.3. The summed E-state index contributed by atoms with van der Waals surface area (Å²) in [4.78, 5) is 19.9. The summed E-state index contributed by atoms with van der Waals surface area (Å²) in [5, 5.41) is 0. The standard InChI is InChI=1S/C14H13FN2O/c1-8-7-9(2)12(17-10(8)3)13(18)11-5-4-6-16-14(11)15/h4-7H,1-3H3. The number of hydrogen-bond donors (Lipinski definition) is 0. The van der Waals surface area contributed by atoms with Crippen LogP contribution in [0.4, 0.5) is 4.39 Å². The lowest BCUT2D eigenvalue weighted by atomic mass is 10.0. The molecule has 92 valence electrons. The smallest absolute Gasteiger partial charge is 0.224 e. The first-order chi connectivity index (χ1) is 8.50. The molecule has 0 spiro atoms. The molecule has 0 aliphatic heterocycles. The second-order valence-corrected chi connectivity index (χ2v) is 4.23. The Morgan fingerprint density at radius 3 is 2.61 bits per heavy atom. The number of rotatable bonds is 2. The molecule has 0 N–H and O–H groups in total. The van der Waals surface area contributed by atoms with E-state index in [4.69, 9.17) is 0 Å². The van der Waals surface area contributed by atoms with Gasteiger partial charge in [0.05, 0.1) is 5.56 Å². The van der Waals surface area contributed by atoms with Gasteiger partial charge in [-0.15, -0.1) is 0 Å². The van der Waals surface area contributed by atoms with Crippen molar-refractivity contribution in [3.05, 3.63) is 58.4 Å². The van der Waals surface area contributed by atoms with Crippen LogP contribution in [0.25, 0.3) is 0 Å². The Hall–Kier alpha value is -2.10. The summed E-state index contributed by atoms with van der Waals surface area (Å²) in [5.74, 6) is -1.19. The van der Waals surface area contributed by atoms with Gasteiger partial charge >= 0.3 is 0 Å². The fourth-order valence-electron chi connectivity index (χ4n) is 1.75. The second-order valence-electron chi connectivity index (χ2n) is 4.23. The van der Waals surface area contributed by atoms with Gasteiger partial charge in [0.2, 0.25) is 11.7 Å². The van der Waals surface area contributed by atoms with Crippen LogP contribution in [0.2, 0.25) is 0 Å². The van der Waals surface area contributed by atoms with Crippen molar-refractivity contribution in [2.75, 3.05) is 0 Å². The summed E-state index contributed by atoms with van der Waals surface area (Å²) < 4.78 is 13.5. The van der Waals surface area contributed by atoms with Gasteiger partial charge in [-0.05, 0) is 44.0 Å². The highest BCUT2D eigenvalue weighted by molar-refractivity contribution is 6.08. The average Bonchev–Trinajstić information content (AvgIpc) is 2.33. The van der Waals surface area contributed by atoms with Crippen LogP contribution in [0.5, 0.6) is 0 Å². The molecular formula is C14H13FN2O. The summed E-state index contributed by atoms with van der Waals surface area (Å²) in [6, 6.07) is 4.83. The maximum Gasteiger partial charge on any atom is 0.224 e. The number of aromatic nitrogens is 2. The topological polar surface area (TPSA) is 42.9 Å². The molecule has 0 aromatic carbocycles. The van der Waals surface area contributed by atoms with Gasteiger partial charge in [0.1, 0.15) is 5.69 Å². The minimum absolute atomic E-state index is 0.0450. The molecule has 0 aliphatic carbocycles. The van der Waals surface area contributed by atoms with E-state index in [9.17, 15) is 9.18 Å². The molecule has 0 bridgehead atoms. The number of carbonyl (C=O) groups is 1. The van der Waals surface area contributed by atoms with E-state index in [1.807, 2.05) is 19.9 Å². The molecule has 3 nitrogen and oxygen atoms in total. The Morgan fingerprint density at radius 2 is 1.94 bits per heavy atom. The second kappa shape index (κ2) is 4.64. The first-order valence-corrected chi connectivity index (χ1v) is 5.60. The Kier molecular flexibility index (Phi) is 3.19. The molecule has 4 heteroatoms. The first-order valence-electron chi connectivity index (χ1n) is 5.60. The molecule has 2 rings (SSSR count). The zero-order valence-corrected chi connectivity index (χ0v) is 10.5. The van der Waals surface area contributed by atoms with Crippen LogP contribution in [0.15, 0.2) is 24.4 Å². The molecule has 0 amide bonds. The van der Waals surface area contributed by atoms with Crippen molar-refractivity contribution >= 4 is 5.78 Å². The van der Waals surface area contributed by atoms with E-state index in [1.54, 1.807) is 6.92 Å². The van der Waals surface area contributed by atoms with Crippen LogP contribution in [0, 0.1) is 26.7 Å². The molecule has 0 unspecified atom stereocenters. The summed E-state index contributed by atoms with van der Waals surface area (Å²) in [5.41, 5.74) is 2.76. The van der Waals surface area contributed by atoms with Crippen molar-refractivity contribution in [3.63, 3.8) is 0 Å². The molecule has 0 fully saturated rings. The van der Waals surface area contributed by atoms with E-state index < -0.39 is 11.7 Å². The normalized spacial score (nSPS) is 10.4. The van der Waals surface area contributed by atoms with Crippen molar-refractivity contribution in [3.8, 4) is 0 Å². The third kappa shape index (κ3) is 2.14. The van der Waals surface area contributed by atoms with E-state index >= 15 is 0 Å². The zero-order valence-electron chi connectivity index (χ0n) is 10.5. The first kappa shape index (κ1) is 12.4. The van der Waals surface area contributed by atoms with Gasteiger partial charge in [-0.2, -0.15) is 4.39 Å². The molecule has 0 radical (unpaired) electrons. The molecule has 2 aromatic rings. The maximum atomic E-state index is 13.5. The van der Waals surface area contributed by atoms with Gasteiger partial charge in [0.25, 0.3) is 0 Å². The predicted molar refractivity (Wildman–Crippen MR) is 66.1 cm³/mol. The van der Waals surface area contributed by atoms with Gasteiger partial charge in [0, 0.05) is 11.9 Å². The highest BCUT2D eigenvalue weighted by Crippen LogP contribution is 2.16. The molecule has 18 heavy (non-hydrogen) atoms. The quantitative estimate of drug-likeness (QED) is 0.602. The third-order valence-corrected chi connectivity index (χ3v) is 2.88. The lowest BCUT2D eigenvalue weighted by Gasteiger charge is -2.08. The monoisotopic (exact) mass is 244 g/mol. The van der Waals surface area contributed by atoms with Gasteiger partial charge in [0.15, 0.2) is 0 Å². The molecule has 0 atom stereocenters. The Bertz CT molecular complexity index is 623. The summed E-state index contributed by atoms with van der Waals surface area (Å²) >= 11 is 0. The van der Waals surface area contributed by atoms with E-state index in [0.717, 1.165) is 16.8 Å². The van der Waals surface area contributed by atoms with Crippen molar-refractivity contribution in [2.24, 2.45) is 0 Å². The van der Waals surface area contributed by atoms with Gasteiger partial charge in [-0.3, -0.25) is 4.79 Å². The van der Waals surface area contributed by atoms with Gasteiger partial charge in [-0.1, -0.05) is 6.07 Å². The number of carbonyl (C=O) groups excluding carboxylic acids is 1. The fraction of sp³-hybridized carbons (Fsp3) is 0.214. The van der Waals surface area contributed by atoms with Crippen LogP contribution in [-0.4, -0.2) is 15.8 Å². The van der Waals surface area contributed by atoms with Crippen LogP contribution in [0.3, 0.4) is 0 Å². The SMILES string of the molecule is Cc1cc(C)c(C(=O)c2cccnc2F)nc1C. The fourth-order valence-corrected chi connectivity index (χ4v) is 1.75. The Morgan fingerprint density at radius 1 is 1.22 bits per heavy atom. The molecule has 2 heterocycles. The number of aryl methyl sites for hydroxylation is 3. The van der Waals surface area contributed by atoms with Crippen molar-refractivity contribution in [2.45, 2.75) is 20.8 Å². The van der Waals surface area contributed by atoms with E-state index in [0.29, 0.717) is 0 Å². The predicted octanol–water partition coefficient (Wildman–Crippen LogP) is 2.77. The van der Waals surface area contributed by atoms with Crippen molar-refractivity contribution in [1.29, 1.82) is 0 Å². The minimum Gasteiger partial charge on any atom is -0.287 e. The molecule has 0 saturated heterocycles. The highest BCUT2D eigenvalue weighted by Gasteiger charge is 2.18. The van der Waals surface area contributed by atoms with Crippen molar-refractivity contribution < 1.29 is 9.18 Å². The number of hydrogen-bond acceptors (Lipinski definition) is 3. The van der Waals surface area contributed by atoms with Crippen LogP contribution in [0.1, 0.15) is 32.9 Å². The van der Waals surface area contributed by atoms with E-state index in [2.05, 4.69) is 9.97 Å². The molecular weight excluding hydrogens is 231 g/mol. The Balaban J connectivity index is 2.53. The number of pyridine rings is 2.